The van der Waals surface area contributed by atoms with Gasteiger partial charge in [-0.05, 0) is 26.0 Å². The minimum atomic E-state index is -0.112. The summed E-state index contributed by atoms with van der Waals surface area (Å²) >= 11 is 0. The van der Waals surface area contributed by atoms with Crippen molar-refractivity contribution in [2.75, 3.05) is 12.1 Å². The molecule has 0 aliphatic heterocycles. The summed E-state index contributed by atoms with van der Waals surface area (Å²) in [6.45, 7) is 3.88. The SMILES string of the molecule is Cc1ccc(C(=O)c2cc(C)ccc2N(C)N=O)cc1. The van der Waals surface area contributed by atoms with Crippen LogP contribution in [0.1, 0.15) is 27.0 Å². The third-order valence-electron chi connectivity index (χ3n) is 3.18. The number of carbonyl (C=O) groups is 1. The van der Waals surface area contributed by atoms with E-state index in [0.29, 0.717) is 16.8 Å². The number of rotatable bonds is 4. The Hall–Kier alpha value is -2.49. The highest BCUT2D eigenvalue weighted by molar-refractivity contribution is 6.12. The van der Waals surface area contributed by atoms with Crippen molar-refractivity contribution in [1.29, 1.82) is 0 Å². The summed E-state index contributed by atoms with van der Waals surface area (Å²) in [6, 6.07) is 12.7. The van der Waals surface area contributed by atoms with Crippen molar-refractivity contribution in [2.24, 2.45) is 5.29 Å². The molecule has 0 atom stereocenters. The molecule has 0 saturated heterocycles. The summed E-state index contributed by atoms with van der Waals surface area (Å²) in [5.74, 6) is -0.112. The molecule has 4 nitrogen and oxygen atoms in total. The summed E-state index contributed by atoms with van der Waals surface area (Å²) in [4.78, 5) is 23.3. The van der Waals surface area contributed by atoms with Gasteiger partial charge in [-0.1, -0.05) is 41.5 Å². The lowest BCUT2D eigenvalue weighted by molar-refractivity contribution is 0.103. The van der Waals surface area contributed by atoms with Gasteiger partial charge in [-0.2, -0.15) is 0 Å². The van der Waals surface area contributed by atoms with Crippen molar-refractivity contribution in [3.05, 3.63) is 69.6 Å². The molecule has 0 unspecified atom stereocenters. The minimum absolute atomic E-state index is 0.112. The van der Waals surface area contributed by atoms with E-state index in [0.717, 1.165) is 11.1 Å². The Morgan fingerprint density at radius 1 is 1.00 bits per heavy atom. The Kier molecular flexibility index (Phi) is 3.94. The molecule has 2 aromatic rings. The number of anilines is 1. The normalized spacial score (nSPS) is 10.2. The lowest BCUT2D eigenvalue weighted by Gasteiger charge is -2.14. The van der Waals surface area contributed by atoms with Crippen LogP contribution in [0, 0.1) is 18.8 Å². The van der Waals surface area contributed by atoms with Crippen molar-refractivity contribution in [2.45, 2.75) is 13.8 Å². The number of nitrogens with zero attached hydrogens (tertiary/aromatic N) is 2. The number of benzene rings is 2. The van der Waals surface area contributed by atoms with Gasteiger partial charge < -0.3 is 0 Å². The molecule has 0 bridgehead atoms. The summed E-state index contributed by atoms with van der Waals surface area (Å²) in [7, 11) is 1.53. The van der Waals surface area contributed by atoms with Gasteiger partial charge in [0, 0.05) is 18.2 Å². The molecule has 0 saturated carbocycles. The largest absolute Gasteiger partial charge is 0.289 e. The van der Waals surface area contributed by atoms with Gasteiger partial charge in [-0.25, -0.2) is 5.01 Å². The molecule has 102 valence electrons. The summed E-state index contributed by atoms with van der Waals surface area (Å²) in [6.07, 6.45) is 0. The Bertz CT molecular complexity index is 648. The van der Waals surface area contributed by atoms with Crippen molar-refractivity contribution < 1.29 is 4.79 Å². The van der Waals surface area contributed by atoms with E-state index < -0.39 is 0 Å². The van der Waals surface area contributed by atoms with E-state index in [-0.39, 0.29) is 5.78 Å². The maximum atomic E-state index is 12.6. The molecule has 0 aromatic heterocycles. The first kappa shape index (κ1) is 13.9. The molecule has 0 aliphatic rings. The third-order valence-corrected chi connectivity index (χ3v) is 3.18. The molecule has 0 heterocycles. The molecular formula is C16H16N2O2. The van der Waals surface area contributed by atoms with E-state index in [1.807, 2.05) is 32.0 Å². The molecule has 0 radical (unpaired) electrons. The van der Waals surface area contributed by atoms with Crippen LogP contribution in [0.25, 0.3) is 0 Å². The zero-order valence-corrected chi connectivity index (χ0v) is 11.8. The van der Waals surface area contributed by atoms with E-state index in [1.165, 1.54) is 12.1 Å². The number of ketones is 1. The second-order valence-corrected chi connectivity index (χ2v) is 4.82. The van der Waals surface area contributed by atoms with Crippen LogP contribution in [0.5, 0.6) is 0 Å². The number of hydrogen-bond acceptors (Lipinski definition) is 3. The topological polar surface area (TPSA) is 49.7 Å². The van der Waals surface area contributed by atoms with Crippen molar-refractivity contribution >= 4 is 11.5 Å². The van der Waals surface area contributed by atoms with E-state index in [2.05, 4.69) is 5.29 Å². The fourth-order valence-electron chi connectivity index (χ4n) is 2.02. The molecule has 20 heavy (non-hydrogen) atoms. The minimum Gasteiger partial charge on any atom is -0.289 e. The fourth-order valence-corrected chi connectivity index (χ4v) is 2.02. The Morgan fingerprint density at radius 2 is 1.60 bits per heavy atom. The zero-order chi connectivity index (χ0) is 14.7. The first-order valence-electron chi connectivity index (χ1n) is 6.32. The molecule has 2 rings (SSSR count). The second kappa shape index (κ2) is 5.65. The smallest absolute Gasteiger partial charge is 0.195 e. The predicted molar refractivity (Wildman–Crippen MR) is 80.0 cm³/mol. The van der Waals surface area contributed by atoms with Crippen LogP contribution >= 0.6 is 0 Å². The van der Waals surface area contributed by atoms with Gasteiger partial charge in [0.05, 0.1) is 11.0 Å². The maximum absolute atomic E-state index is 12.6. The number of hydrogen-bond donors (Lipinski definition) is 0. The highest BCUT2D eigenvalue weighted by atomic mass is 16.3. The quantitative estimate of drug-likeness (QED) is 0.483. The standard InChI is InChI=1S/C16H16N2O2/c1-11-4-7-13(8-5-11)16(19)14-10-12(2)6-9-15(14)18(3)17-20/h4-10H,1-3H3. The number of aryl methyl sites for hydroxylation is 2. The van der Waals surface area contributed by atoms with Crippen molar-refractivity contribution in [1.82, 2.24) is 0 Å². The van der Waals surface area contributed by atoms with E-state index in [4.69, 9.17) is 0 Å². The first-order valence-corrected chi connectivity index (χ1v) is 6.32. The highest BCUT2D eigenvalue weighted by Crippen LogP contribution is 2.24. The van der Waals surface area contributed by atoms with Crippen LogP contribution in [0.2, 0.25) is 0 Å². The summed E-state index contributed by atoms with van der Waals surface area (Å²) in [5.41, 5.74) is 3.65. The highest BCUT2D eigenvalue weighted by Gasteiger charge is 2.16. The van der Waals surface area contributed by atoms with Crippen LogP contribution < -0.4 is 5.01 Å². The van der Waals surface area contributed by atoms with Crippen molar-refractivity contribution in [3.8, 4) is 0 Å². The Morgan fingerprint density at radius 3 is 2.20 bits per heavy atom. The Labute approximate surface area is 118 Å². The molecule has 0 spiro atoms. The first-order chi connectivity index (χ1) is 9.52. The predicted octanol–water partition coefficient (Wildman–Crippen LogP) is 3.65. The van der Waals surface area contributed by atoms with Gasteiger partial charge >= 0.3 is 0 Å². The lowest BCUT2D eigenvalue weighted by atomic mass is 9.99. The van der Waals surface area contributed by atoms with Gasteiger partial charge in [-0.15, -0.1) is 4.91 Å². The van der Waals surface area contributed by atoms with Crippen LogP contribution in [0.4, 0.5) is 5.69 Å². The zero-order valence-electron chi connectivity index (χ0n) is 11.8. The Balaban J connectivity index is 2.50. The van der Waals surface area contributed by atoms with Crippen LogP contribution in [-0.2, 0) is 0 Å². The van der Waals surface area contributed by atoms with Crippen LogP contribution in [0.15, 0.2) is 47.8 Å². The number of nitroso groups, excluding NO2 is 1. The molecule has 0 fully saturated rings. The van der Waals surface area contributed by atoms with E-state index in [9.17, 15) is 9.70 Å². The fraction of sp³-hybridized carbons (Fsp3) is 0.188. The monoisotopic (exact) mass is 268 g/mol. The van der Waals surface area contributed by atoms with Gasteiger partial charge in [0.25, 0.3) is 0 Å². The summed E-state index contributed by atoms with van der Waals surface area (Å²) in [5, 5.41) is 4.04. The van der Waals surface area contributed by atoms with E-state index >= 15 is 0 Å². The van der Waals surface area contributed by atoms with Crippen LogP contribution in [0.3, 0.4) is 0 Å². The van der Waals surface area contributed by atoms with Gasteiger partial charge in [0.15, 0.2) is 5.78 Å². The third kappa shape index (κ3) is 2.74. The van der Waals surface area contributed by atoms with Gasteiger partial charge in [-0.3, -0.25) is 4.79 Å². The van der Waals surface area contributed by atoms with Crippen molar-refractivity contribution in [3.63, 3.8) is 0 Å². The lowest BCUT2D eigenvalue weighted by Crippen LogP contribution is -2.13. The van der Waals surface area contributed by atoms with Crippen LogP contribution in [-0.4, -0.2) is 12.8 Å². The molecule has 4 heteroatoms. The summed E-state index contributed by atoms with van der Waals surface area (Å²) < 4.78 is 0. The average molecular weight is 268 g/mol. The van der Waals surface area contributed by atoms with Gasteiger partial charge in [0.2, 0.25) is 0 Å². The molecule has 0 amide bonds. The number of carbonyl (C=O) groups excluding carboxylic acids is 1. The second-order valence-electron chi connectivity index (χ2n) is 4.82. The van der Waals surface area contributed by atoms with E-state index in [1.54, 1.807) is 24.3 Å². The maximum Gasteiger partial charge on any atom is 0.195 e. The molecule has 0 N–H and O–H groups in total. The molecule has 2 aromatic carbocycles. The average Bonchev–Trinajstić information content (AvgIpc) is 2.46. The molecule has 0 aliphatic carbocycles. The molecular weight excluding hydrogens is 252 g/mol. The van der Waals surface area contributed by atoms with Gasteiger partial charge in [0.1, 0.15) is 0 Å².